The molecule has 1 N–H and O–H groups in total. The number of carboxylic acids is 1. The van der Waals surface area contributed by atoms with E-state index in [1.54, 1.807) is 0 Å². The summed E-state index contributed by atoms with van der Waals surface area (Å²) in [6.07, 6.45) is 0. The summed E-state index contributed by atoms with van der Waals surface area (Å²) in [5, 5.41) is 19.9. The standard InChI is InChI=1S/C15H22FNO6Si/c1-15(2,3)24(4,5)23-7-6-22-13-8-10(14(18)19)11(16)9-12(13)17(20)21/h8-9H,6-7H2,1-5H3,(H,18,19). The number of nitro benzene ring substituents is 1. The van der Waals surface area contributed by atoms with Crippen LogP contribution in [0.2, 0.25) is 18.1 Å². The number of halogens is 1. The van der Waals surface area contributed by atoms with Crippen LogP contribution in [-0.2, 0) is 4.43 Å². The molecule has 1 aromatic carbocycles. The quantitative estimate of drug-likeness (QED) is 0.344. The molecule has 0 spiro atoms. The Morgan fingerprint density at radius 1 is 1.33 bits per heavy atom. The van der Waals surface area contributed by atoms with E-state index < -0.39 is 36.3 Å². The SMILES string of the molecule is CC(C)(C)[Si](C)(C)OCCOc1cc(C(=O)O)c(F)cc1[N+](=O)[O-]. The van der Waals surface area contributed by atoms with Crippen LogP contribution in [0.1, 0.15) is 31.1 Å². The van der Waals surface area contributed by atoms with Crippen LogP contribution in [0.15, 0.2) is 12.1 Å². The molecule has 0 aromatic heterocycles. The maximum Gasteiger partial charge on any atom is 0.338 e. The molecule has 0 fully saturated rings. The van der Waals surface area contributed by atoms with E-state index in [1.165, 1.54) is 0 Å². The molecule has 1 rings (SSSR count). The van der Waals surface area contributed by atoms with E-state index in [2.05, 4.69) is 33.9 Å². The van der Waals surface area contributed by atoms with Gasteiger partial charge in [0, 0.05) is 6.07 Å². The van der Waals surface area contributed by atoms with Gasteiger partial charge in [-0.15, -0.1) is 0 Å². The lowest BCUT2D eigenvalue weighted by molar-refractivity contribution is -0.386. The Balaban J connectivity index is 2.86. The van der Waals surface area contributed by atoms with Gasteiger partial charge in [-0.3, -0.25) is 10.1 Å². The van der Waals surface area contributed by atoms with E-state index in [9.17, 15) is 19.3 Å². The third-order valence-electron chi connectivity index (χ3n) is 4.09. The normalized spacial score (nSPS) is 12.1. The first-order chi connectivity index (χ1) is 10.9. The fourth-order valence-electron chi connectivity index (χ4n) is 1.63. The van der Waals surface area contributed by atoms with Crippen LogP contribution in [0.3, 0.4) is 0 Å². The number of hydrogen-bond acceptors (Lipinski definition) is 5. The van der Waals surface area contributed by atoms with Gasteiger partial charge in [0.15, 0.2) is 14.1 Å². The first-order valence-corrected chi connectivity index (χ1v) is 10.3. The van der Waals surface area contributed by atoms with Crippen molar-refractivity contribution in [1.82, 2.24) is 0 Å². The number of carboxylic acid groups (broad SMARTS) is 1. The van der Waals surface area contributed by atoms with Gasteiger partial charge in [0.2, 0.25) is 0 Å². The van der Waals surface area contributed by atoms with Crippen LogP contribution in [0, 0.1) is 15.9 Å². The Kier molecular flexibility index (Phi) is 6.07. The molecule has 0 aliphatic carbocycles. The molecule has 0 heterocycles. The van der Waals surface area contributed by atoms with Crippen molar-refractivity contribution >= 4 is 20.0 Å². The van der Waals surface area contributed by atoms with Gasteiger partial charge >= 0.3 is 11.7 Å². The van der Waals surface area contributed by atoms with Crippen LogP contribution in [0.4, 0.5) is 10.1 Å². The van der Waals surface area contributed by atoms with Gasteiger partial charge < -0.3 is 14.3 Å². The second-order valence-corrected chi connectivity index (χ2v) is 11.6. The summed E-state index contributed by atoms with van der Waals surface area (Å²) in [4.78, 5) is 21.1. The van der Waals surface area contributed by atoms with E-state index in [-0.39, 0.29) is 24.0 Å². The first-order valence-electron chi connectivity index (χ1n) is 7.35. The molecule has 9 heteroatoms. The van der Waals surface area contributed by atoms with E-state index in [0.29, 0.717) is 6.07 Å². The molecule has 0 aliphatic heterocycles. The predicted molar refractivity (Wildman–Crippen MR) is 88.7 cm³/mol. The summed E-state index contributed by atoms with van der Waals surface area (Å²) >= 11 is 0. The molecule has 7 nitrogen and oxygen atoms in total. The van der Waals surface area contributed by atoms with Gasteiger partial charge in [-0.2, -0.15) is 0 Å². The number of nitro groups is 1. The van der Waals surface area contributed by atoms with Crippen LogP contribution >= 0.6 is 0 Å². The van der Waals surface area contributed by atoms with Crippen LogP contribution < -0.4 is 4.74 Å². The van der Waals surface area contributed by atoms with Gasteiger partial charge in [-0.25, -0.2) is 9.18 Å². The minimum atomic E-state index is -1.98. The second-order valence-electron chi connectivity index (χ2n) is 6.82. The van der Waals surface area contributed by atoms with Crippen molar-refractivity contribution in [2.75, 3.05) is 13.2 Å². The van der Waals surface area contributed by atoms with E-state index in [0.717, 1.165) is 6.07 Å². The summed E-state index contributed by atoms with van der Waals surface area (Å²) in [6.45, 7) is 10.5. The highest BCUT2D eigenvalue weighted by Gasteiger charge is 2.37. The molecule has 0 saturated carbocycles. The Morgan fingerprint density at radius 2 is 1.92 bits per heavy atom. The van der Waals surface area contributed by atoms with Gasteiger partial charge in [-0.1, -0.05) is 20.8 Å². The summed E-state index contributed by atoms with van der Waals surface area (Å²) < 4.78 is 24.7. The minimum Gasteiger partial charge on any atom is -0.484 e. The smallest absolute Gasteiger partial charge is 0.338 e. The maximum atomic E-state index is 13.6. The Morgan fingerprint density at radius 3 is 2.38 bits per heavy atom. The van der Waals surface area contributed by atoms with Crippen molar-refractivity contribution in [1.29, 1.82) is 0 Å². The number of benzene rings is 1. The fourth-order valence-corrected chi connectivity index (χ4v) is 2.66. The number of ether oxygens (including phenoxy) is 1. The molecular formula is C15H22FNO6Si. The lowest BCUT2D eigenvalue weighted by Gasteiger charge is -2.36. The molecule has 0 aliphatic rings. The predicted octanol–water partition coefficient (Wildman–Crippen LogP) is 3.83. The average Bonchev–Trinajstić information content (AvgIpc) is 2.42. The molecule has 0 atom stereocenters. The molecule has 0 radical (unpaired) electrons. The van der Waals surface area contributed by atoms with Gasteiger partial charge in [0.1, 0.15) is 12.4 Å². The van der Waals surface area contributed by atoms with Crippen molar-refractivity contribution < 1.29 is 28.4 Å². The molecule has 1 aromatic rings. The number of hydrogen-bond donors (Lipinski definition) is 1. The average molecular weight is 359 g/mol. The second kappa shape index (κ2) is 7.26. The lowest BCUT2D eigenvalue weighted by atomic mass is 10.2. The van der Waals surface area contributed by atoms with Gasteiger partial charge in [0.05, 0.1) is 23.2 Å². The Labute approximate surface area is 140 Å². The van der Waals surface area contributed by atoms with Crippen molar-refractivity contribution in [3.63, 3.8) is 0 Å². The highest BCUT2D eigenvalue weighted by molar-refractivity contribution is 6.74. The summed E-state index contributed by atoms with van der Waals surface area (Å²) in [7, 11) is -1.98. The van der Waals surface area contributed by atoms with Crippen molar-refractivity contribution in [3.8, 4) is 5.75 Å². The Bertz CT molecular complexity index is 642. The van der Waals surface area contributed by atoms with Crippen LogP contribution in [-0.4, -0.2) is 37.5 Å². The van der Waals surface area contributed by atoms with E-state index in [1.807, 2.05) is 0 Å². The zero-order valence-electron chi connectivity index (χ0n) is 14.4. The fraction of sp³-hybridized carbons (Fsp3) is 0.533. The minimum absolute atomic E-state index is 0.00194. The third-order valence-corrected chi connectivity index (χ3v) is 8.62. The summed E-state index contributed by atoms with van der Waals surface area (Å²) in [6, 6.07) is 1.37. The lowest BCUT2D eigenvalue weighted by Crippen LogP contribution is -2.41. The number of carbonyl (C=O) groups is 1. The number of rotatable bonds is 7. The maximum absolute atomic E-state index is 13.6. The topological polar surface area (TPSA) is 98.9 Å². The summed E-state index contributed by atoms with van der Waals surface area (Å²) in [5.41, 5.74) is -1.30. The molecule has 24 heavy (non-hydrogen) atoms. The summed E-state index contributed by atoms with van der Waals surface area (Å²) in [5.74, 6) is -3.00. The van der Waals surface area contributed by atoms with Crippen molar-refractivity contribution in [3.05, 3.63) is 33.6 Å². The third kappa shape index (κ3) is 4.75. The van der Waals surface area contributed by atoms with Crippen LogP contribution in [0.25, 0.3) is 0 Å². The highest BCUT2D eigenvalue weighted by atomic mass is 28.4. The largest absolute Gasteiger partial charge is 0.484 e. The first kappa shape index (κ1) is 20.0. The Hall–Kier alpha value is -2.00. The zero-order valence-corrected chi connectivity index (χ0v) is 15.4. The molecular weight excluding hydrogens is 337 g/mol. The van der Waals surface area contributed by atoms with Gasteiger partial charge in [-0.05, 0) is 18.1 Å². The van der Waals surface area contributed by atoms with E-state index >= 15 is 0 Å². The zero-order chi connectivity index (χ0) is 18.7. The monoisotopic (exact) mass is 359 g/mol. The van der Waals surface area contributed by atoms with Crippen LogP contribution in [0.5, 0.6) is 5.75 Å². The van der Waals surface area contributed by atoms with Crippen molar-refractivity contribution in [2.45, 2.75) is 38.9 Å². The molecule has 0 saturated heterocycles. The van der Waals surface area contributed by atoms with Gasteiger partial charge in [0.25, 0.3) is 0 Å². The highest BCUT2D eigenvalue weighted by Crippen LogP contribution is 2.36. The molecule has 134 valence electrons. The molecule has 0 bridgehead atoms. The number of nitrogens with zero attached hydrogens (tertiary/aromatic N) is 1. The molecule has 0 unspecified atom stereocenters. The van der Waals surface area contributed by atoms with Crippen molar-refractivity contribution in [2.24, 2.45) is 0 Å². The molecule has 0 amide bonds. The van der Waals surface area contributed by atoms with E-state index in [4.69, 9.17) is 14.3 Å². The number of aromatic carboxylic acids is 1.